The fourth-order valence-corrected chi connectivity index (χ4v) is 1.46. The van der Waals surface area contributed by atoms with Gasteiger partial charge >= 0.3 is 6.18 Å². The molecule has 2 nitrogen and oxygen atoms in total. The van der Waals surface area contributed by atoms with Gasteiger partial charge in [0.05, 0.1) is 23.4 Å². The second-order valence-corrected chi connectivity index (χ2v) is 3.68. The molecule has 0 aromatic heterocycles. The van der Waals surface area contributed by atoms with E-state index >= 15 is 0 Å². The van der Waals surface area contributed by atoms with Crippen molar-refractivity contribution in [3.05, 3.63) is 41.7 Å². The van der Waals surface area contributed by atoms with Gasteiger partial charge in [-0.15, -0.1) is 0 Å². The van der Waals surface area contributed by atoms with Crippen LogP contribution >= 0.6 is 0 Å². The number of halogens is 5. The minimum Gasteiger partial charge on any atom is -0.387 e. The van der Waals surface area contributed by atoms with Crippen LogP contribution in [-0.2, 0) is 11.0 Å². The molecule has 18 heavy (non-hydrogen) atoms. The molecule has 1 aromatic rings. The summed E-state index contributed by atoms with van der Waals surface area (Å²) in [6.45, 7) is -0.164. The van der Waals surface area contributed by atoms with Crippen molar-refractivity contribution in [2.45, 2.75) is 12.6 Å². The van der Waals surface area contributed by atoms with Gasteiger partial charge in [-0.1, -0.05) is 0 Å². The van der Waals surface area contributed by atoms with Crippen LogP contribution in [0.1, 0.15) is 5.56 Å². The highest BCUT2D eigenvalue weighted by atomic mass is 19.4. The van der Waals surface area contributed by atoms with Crippen molar-refractivity contribution in [1.29, 1.82) is 0 Å². The largest absolute Gasteiger partial charge is 0.416 e. The molecule has 0 spiro atoms. The molecule has 0 aliphatic carbocycles. The van der Waals surface area contributed by atoms with E-state index in [4.69, 9.17) is 4.84 Å². The zero-order valence-corrected chi connectivity index (χ0v) is 8.92. The number of hydrogen-bond donors (Lipinski definition) is 0. The van der Waals surface area contributed by atoms with E-state index in [0.29, 0.717) is 0 Å². The summed E-state index contributed by atoms with van der Waals surface area (Å²) < 4.78 is 61.6. The van der Waals surface area contributed by atoms with Crippen molar-refractivity contribution in [3.8, 4) is 0 Å². The first-order valence-corrected chi connectivity index (χ1v) is 4.96. The van der Waals surface area contributed by atoms with E-state index in [9.17, 15) is 22.0 Å². The van der Waals surface area contributed by atoms with Crippen molar-refractivity contribution in [3.63, 3.8) is 0 Å². The molecule has 1 aliphatic heterocycles. The zero-order chi connectivity index (χ0) is 13.3. The third-order valence-corrected chi connectivity index (χ3v) is 2.42. The Hall–Kier alpha value is -1.79. The molecule has 0 bridgehead atoms. The van der Waals surface area contributed by atoms with Crippen LogP contribution in [0, 0.1) is 0 Å². The molecule has 98 valence electrons. The molecule has 7 heteroatoms. The van der Waals surface area contributed by atoms with Crippen LogP contribution in [0.5, 0.6) is 0 Å². The molecule has 1 aromatic carbocycles. The summed E-state index contributed by atoms with van der Waals surface area (Å²) in [4.78, 5) is 4.85. The van der Waals surface area contributed by atoms with Gasteiger partial charge in [0.15, 0.2) is 0 Å². The number of rotatable bonds is 2. The Balaban J connectivity index is 2.09. The van der Waals surface area contributed by atoms with E-state index in [-0.39, 0.29) is 17.8 Å². The van der Waals surface area contributed by atoms with E-state index < -0.39 is 18.2 Å². The van der Waals surface area contributed by atoms with Crippen LogP contribution in [0.25, 0.3) is 0 Å². The SMILES string of the molecule is FC(F)C1=CON(c2ccc(C(F)(F)F)cc2)C1. The fraction of sp³-hybridized carbons (Fsp3) is 0.273. The average molecular weight is 265 g/mol. The van der Waals surface area contributed by atoms with Crippen LogP contribution in [0.15, 0.2) is 36.1 Å². The van der Waals surface area contributed by atoms with Gasteiger partial charge < -0.3 is 4.84 Å². The van der Waals surface area contributed by atoms with Gasteiger partial charge in [0.2, 0.25) is 0 Å². The van der Waals surface area contributed by atoms with Crippen molar-refractivity contribution in [2.24, 2.45) is 0 Å². The molecule has 0 saturated heterocycles. The minimum atomic E-state index is -4.42. The number of alkyl halides is 5. The van der Waals surface area contributed by atoms with Gasteiger partial charge in [-0.3, -0.25) is 0 Å². The molecular formula is C11H8F5NO. The molecule has 0 amide bonds. The first-order chi connectivity index (χ1) is 8.38. The molecular weight excluding hydrogens is 257 g/mol. The lowest BCUT2D eigenvalue weighted by atomic mass is 10.2. The summed E-state index contributed by atoms with van der Waals surface area (Å²) >= 11 is 0. The topological polar surface area (TPSA) is 12.5 Å². The Morgan fingerprint density at radius 3 is 2.17 bits per heavy atom. The van der Waals surface area contributed by atoms with Crippen LogP contribution in [0.4, 0.5) is 27.6 Å². The summed E-state index contributed by atoms with van der Waals surface area (Å²) in [5, 5.41) is 1.10. The summed E-state index contributed by atoms with van der Waals surface area (Å²) in [6, 6.07) is 4.09. The van der Waals surface area contributed by atoms with Gasteiger partial charge in [0.1, 0.15) is 6.26 Å². The van der Waals surface area contributed by atoms with Crippen molar-refractivity contribution >= 4 is 5.69 Å². The molecule has 0 fully saturated rings. The first kappa shape index (κ1) is 12.7. The standard InChI is InChI=1S/C11H8F5NO/c12-10(13)7-5-17(18-6-7)9-3-1-8(2-4-9)11(14,15)16/h1-4,6,10H,5H2. The van der Waals surface area contributed by atoms with E-state index in [1.54, 1.807) is 0 Å². The Morgan fingerprint density at radius 1 is 1.11 bits per heavy atom. The summed E-state index contributed by atoms with van der Waals surface area (Å²) in [5.74, 6) is 0. The molecule has 0 unspecified atom stereocenters. The lowest BCUT2D eigenvalue weighted by Crippen LogP contribution is -2.19. The minimum absolute atomic E-state index is 0.164. The second kappa shape index (κ2) is 4.47. The summed E-state index contributed by atoms with van der Waals surface area (Å²) in [7, 11) is 0. The van der Waals surface area contributed by atoms with Crippen molar-refractivity contribution < 1.29 is 26.8 Å². The third kappa shape index (κ3) is 2.55. The molecule has 0 radical (unpaired) electrons. The van der Waals surface area contributed by atoms with Gasteiger partial charge in [0.25, 0.3) is 6.43 Å². The van der Waals surface area contributed by atoms with Crippen LogP contribution in [0.2, 0.25) is 0 Å². The first-order valence-electron chi connectivity index (χ1n) is 4.96. The maximum Gasteiger partial charge on any atom is 0.416 e. The molecule has 1 heterocycles. The van der Waals surface area contributed by atoms with Gasteiger partial charge in [-0.25, -0.2) is 13.8 Å². The lowest BCUT2D eigenvalue weighted by Gasteiger charge is -2.17. The predicted molar refractivity (Wildman–Crippen MR) is 54.0 cm³/mol. The molecule has 0 atom stereocenters. The Kier molecular flexibility index (Phi) is 3.14. The van der Waals surface area contributed by atoms with Crippen LogP contribution in [0.3, 0.4) is 0 Å². The molecule has 0 saturated carbocycles. The average Bonchev–Trinajstić information content (AvgIpc) is 2.77. The highest BCUT2D eigenvalue weighted by Crippen LogP contribution is 2.31. The normalized spacial score (nSPS) is 15.9. The fourth-order valence-electron chi connectivity index (χ4n) is 1.46. The smallest absolute Gasteiger partial charge is 0.387 e. The van der Waals surface area contributed by atoms with E-state index in [1.807, 2.05) is 0 Å². The molecule has 0 N–H and O–H groups in total. The molecule has 1 aliphatic rings. The second-order valence-electron chi connectivity index (χ2n) is 3.68. The lowest BCUT2D eigenvalue weighted by molar-refractivity contribution is -0.137. The maximum absolute atomic E-state index is 12.3. The Morgan fingerprint density at radius 2 is 1.72 bits per heavy atom. The third-order valence-electron chi connectivity index (χ3n) is 2.42. The number of hydroxylamine groups is 1. The highest BCUT2D eigenvalue weighted by Gasteiger charge is 2.30. The Bertz CT molecular complexity index is 451. The number of anilines is 1. The van der Waals surface area contributed by atoms with E-state index in [1.165, 1.54) is 12.1 Å². The maximum atomic E-state index is 12.3. The van der Waals surface area contributed by atoms with Crippen LogP contribution in [-0.4, -0.2) is 13.0 Å². The number of nitrogens with zero attached hydrogens (tertiary/aromatic N) is 1. The van der Waals surface area contributed by atoms with E-state index in [2.05, 4.69) is 0 Å². The van der Waals surface area contributed by atoms with E-state index in [0.717, 1.165) is 23.5 Å². The van der Waals surface area contributed by atoms with Crippen molar-refractivity contribution in [2.75, 3.05) is 11.6 Å². The zero-order valence-electron chi connectivity index (χ0n) is 8.92. The quantitative estimate of drug-likeness (QED) is 0.757. The highest BCUT2D eigenvalue weighted by molar-refractivity contribution is 5.48. The number of benzene rings is 1. The number of hydrogen-bond acceptors (Lipinski definition) is 2. The Labute approximate surface area is 99.2 Å². The van der Waals surface area contributed by atoms with Gasteiger partial charge in [0, 0.05) is 0 Å². The predicted octanol–water partition coefficient (Wildman–Crippen LogP) is 3.61. The van der Waals surface area contributed by atoms with Gasteiger partial charge in [-0.05, 0) is 24.3 Å². The summed E-state index contributed by atoms with van der Waals surface area (Å²) in [5.41, 5.74) is -0.725. The summed E-state index contributed by atoms with van der Waals surface area (Å²) in [6.07, 6.45) is -6.15. The van der Waals surface area contributed by atoms with Gasteiger partial charge in [-0.2, -0.15) is 13.2 Å². The monoisotopic (exact) mass is 265 g/mol. The van der Waals surface area contributed by atoms with Crippen LogP contribution < -0.4 is 5.06 Å². The van der Waals surface area contributed by atoms with Crippen molar-refractivity contribution in [1.82, 2.24) is 0 Å². The molecule has 2 rings (SSSR count).